The van der Waals surface area contributed by atoms with Gasteiger partial charge in [-0.25, -0.2) is 4.79 Å². The molecule has 1 heterocycles. The second-order valence-electron chi connectivity index (χ2n) is 5.35. The van der Waals surface area contributed by atoms with Gasteiger partial charge in [-0.15, -0.1) is 0 Å². The van der Waals surface area contributed by atoms with Crippen molar-refractivity contribution in [3.8, 4) is 0 Å². The summed E-state index contributed by atoms with van der Waals surface area (Å²) in [4.78, 5) is 25.7. The zero-order valence-corrected chi connectivity index (χ0v) is 10.7. The first-order valence-corrected chi connectivity index (χ1v) is 6.59. The maximum atomic E-state index is 12.4. The van der Waals surface area contributed by atoms with Gasteiger partial charge in [0, 0.05) is 5.69 Å². The lowest BCUT2D eigenvalue weighted by Gasteiger charge is -2.20. The topological polar surface area (TPSA) is 75.4 Å². The minimum absolute atomic E-state index is 0.0770. The molecule has 1 saturated carbocycles. The predicted molar refractivity (Wildman–Crippen MR) is 71.1 cm³/mol. The lowest BCUT2D eigenvalue weighted by atomic mass is 9.98. The normalized spacial score (nSPS) is 21.2. The molecule has 1 spiro atoms. The fraction of sp³-hybridized carbons (Fsp3) is 0.429. The molecule has 0 radical (unpaired) electrons. The second-order valence-corrected chi connectivity index (χ2v) is 5.35. The number of nitrogen functional groups attached to an aromatic ring is 1. The second kappa shape index (κ2) is 4.26. The van der Waals surface area contributed by atoms with Crippen molar-refractivity contribution in [2.45, 2.75) is 37.8 Å². The Bertz CT molecular complexity index is 518. The zero-order valence-electron chi connectivity index (χ0n) is 10.7. The average molecular weight is 259 g/mol. The van der Waals surface area contributed by atoms with E-state index in [1.165, 1.54) is 4.90 Å². The number of nitrogens with zero attached hydrogens (tertiary/aromatic N) is 1. The third-order valence-corrected chi connectivity index (χ3v) is 4.02. The zero-order chi connectivity index (χ0) is 13.5. The van der Waals surface area contributed by atoms with Crippen molar-refractivity contribution in [3.05, 3.63) is 29.8 Å². The summed E-state index contributed by atoms with van der Waals surface area (Å²) in [5.41, 5.74) is 6.59. The van der Waals surface area contributed by atoms with Crippen molar-refractivity contribution in [2.75, 3.05) is 5.73 Å². The van der Waals surface area contributed by atoms with E-state index >= 15 is 0 Å². The lowest BCUT2D eigenvalue weighted by molar-refractivity contribution is -0.131. The van der Waals surface area contributed by atoms with Crippen molar-refractivity contribution >= 4 is 17.6 Å². The van der Waals surface area contributed by atoms with E-state index in [2.05, 4.69) is 5.32 Å². The first-order valence-electron chi connectivity index (χ1n) is 6.59. The number of anilines is 1. The number of nitrogens with two attached hydrogens (primary N) is 1. The minimum Gasteiger partial charge on any atom is -0.399 e. The van der Waals surface area contributed by atoms with Gasteiger partial charge in [0.15, 0.2) is 0 Å². The molecule has 2 aliphatic rings. The quantitative estimate of drug-likeness (QED) is 0.626. The van der Waals surface area contributed by atoms with Gasteiger partial charge in [-0.1, -0.05) is 25.0 Å². The van der Waals surface area contributed by atoms with Gasteiger partial charge < -0.3 is 11.1 Å². The monoisotopic (exact) mass is 259 g/mol. The van der Waals surface area contributed by atoms with Gasteiger partial charge in [-0.3, -0.25) is 9.69 Å². The molecule has 3 amide bonds. The van der Waals surface area contributed by atoms with Crippen molar-refractivity contribution in [2.24, 2.45) is 0 Å². The number of carbonyl (C=O) groups excluding carboxylic acids is 2. The highest BCUT2D eigenvalue weighted by molar-refractivity contribution is 6.07. The van der Waals surface area contributed by atoms with Crippen molar-refractivity contribution in [1.82, 2.24) is 10.2 Å². The first-order chi connectivity index (χ1) is 9.11. The van der Waals surface area contributed by atoms with Gasteiger partial charge in [-0.2, -0.15) is 0 Å². The number of urea groups is 1. The molecule has 1 aliphatic carbocycles. The van der Waals surface area contributed by atoms with Crippen LogP contribution in [0.25, 0.3) is 0 Å². The summed E-state index contributed by atoms with van der Waals surface area (Å²) in [6, 6.07) is 6.97. The molecular formula is C14H17N3O2. The average Bonchev–Trinajstić information content (AvgIpc) is 2.94. The van der Waals surface area contributed by atoms with Crippen LogP contribution in [-0.2, 0) is 11.3 Å². The maximum absolute atomic E-state index is 12.4. The molecule has 1 aliphatic heterocycles. The molecule has 1 aromatic carbocycles. The SMILES string of the molecule is Nc1ccc(CN2C(=O)NC3(CCCC3)C2=O)cc1. The van der Waals surface area contributed by atoms with Crippen LogP contribution in [0.3, 0.4) is 0 Å². The highest BCUT2D eigenvalue weighted by atomic mass is 16.2. The molecule has 1 saturated heterocycles. The van der Waals surface area contributed by atoms with Gasteiger partial charge in [0.2, 0.25) is 0 Å². The Labute approximate surface area is 111 Å². The van der Waals surface area contributed by atoms with Gasteiger partial charge in [0.05, 0.1) is 6.54 Å². The smallest absolute Gasteiger partial charge is 0.325 e. The Kier molecular flexibility index (Phi) is 2.69. The summed E-state index contributed by atoms with van der Waals surface area (Å²) in [5.74, 6) is -0.0770. The Balaban J connectivity index is 1.79. The van der Waals surface area contributed by atoms with E-state index in [-0.39, 0.29) is 11.9 Å². The molecule has 100 valence electrons. The summed E-state index contributed by atoms with van der Waals surface area (Å²) >= 11 is 0. The molecule has 5 nitrogen and oxygen atoms in total. The summed E-state index contributed by atoms with van der Waals surface area (Å²) in [5, 5.41) is 2.87. The number of benzene rings is 1. The summed E-state index contributed by atoms with van der Waals surface area (Å²) in [6.07, 6.45) is 3.52. The summed E-state index contributed by atoms with van der Waals surface area (Å²) in [6.45, 7) is 0.312. The van der Waals surface area contributed by atoms with Crippen molar-refractivity contribution < 1.29 is 9.59 Å². The van der Waals surface area contributed by atoms with Crippen LogP contribution in [-0.4, -0.2) is 22.4 Å². The molecule has 0 bridgehead atoms. The van der Waals surface area contributed by atoms with Crippen LogP contribution in [0.2, 0.25) is 0 Å². The first kappa shape index (κ1) is 12.0. The fourth-order valence-electron chi connectivity index (χ4n) is 2.94. The van der Waals surface area contributed by atoms with Crippen LogP contribution < -0.4 is 11.1 Å². The van der Waals surface area contributed by atoms with E-state index in [9.17, 15) is 9.59 Å². The minimum atomic E-state index is -0.620. The Morgan fingerprint density at radius 3 is 2.42 bits per heavy atom. The molecule has 3 N–H and O–H groups in total. The van der Waals surface area contributed by atoms with E-state index in [1.807, 2.05) is 12.1 Å². The van der Waals surface area contributed by atoms with Crippen LogP contribution >= 0.6 is 0 Å². The highest BCUT2D eigenvalue weighted by Gasteiger charge is 2.52. The third kappa shape index (κ3) is 1.95. The molecular weight excluding hydrogens is 242 g/mol. The maximum Gasteiger partial charge on any atom is 0.325 e. The summed E-state index contributed by atoms with van der Waals surface area (Å²) in [7, 11) is 0. The standard InChI is InChI=1S/C14H17N3O2/c15-11-5-3-10(4-6-11)9-17-12(18)14(16-13(17)19)7-1-2-8-14/h3-6H,1-2,7-9,15H2,(H,16,19). The van der Waals surface area contributed by atoms with Gasteiger partial charge >= 0.3 is 6.03 Å². The third-order valence-electron chi connectivity index (χ3n) is 4.02. The summed E-state index contributed by atoms with van der Waals surface area (Å²) < 4.78 is 0. The molecule has 1 aromatic rings. The van der Waals surface area contributed by atoms with E-state index < -0.39 is 5.54 Å². The largest absolute Gasteiger partial charge is 0.399 e. The molecule has 0 unspecified atom stereocenters. The van der Waals surface area contributed by atoms with Crippen LogP contribution in [0.15, 0.2) is 24.3 Å². The molecule has 5 heteroatoms. The van der Waals surface area contributed by atoms with E-state index in [0.29, 0.717) is 12.2 Å². The number of hydrogen-bond acceptors (Lipinski definition) is 3. The van der Waals surface area contributed by atoms with Crippen molar-refractivity contribution in [3.63, 3.8) is 0 Å². The fourth-order valence-corrected chi connectivity index (χ4v) is 2.94. The Hall–Kier alpha value is -2.04. The molecule has 0 aromatic heterocycles. The highest BCUT2D eigenvalue weighted by Crippen LogP contribution is 2.35. The lowest BCUT2D eigenvalue weighted by Crippen LogP contribution is -2.44. The number of amides is 3. The number of hydrogen-bond donors (Lipinski definition) is 2. The van der Waals surface area contributed by atoms with Crippen molar-refractivity contribution in [1.29, 1.82) is 0 Å². The number of rotatable bonds is 2. The van der Waals surface area contributed by atoms with E-state index in [0.717, 1.165) is 31.2 Å². The van der Waals surface area contributed by atoms with Crippen LogP contribution in [0.1, 0.15) is 31.2 Å². The Morgan fingerprint density at radius 1 is 1.16 bits per heavy atom. The van der Waals surface area contributed by atoms with E-state index in [1.54, 1.807) is 12.1 Å². The van der Waals surface area contributed by atoms with Crippen LogP contribution in [0.5, 0.6) is 0 Å². The Morgan fingerprint density at radius 2 is 1.79 bits per heavy atom. The van der Waals surface area contributed by atoms with Gasteiger partial charge in [0.1, 0.15) is 5.54 Å². The molecule has 0 atom stereocenters. The van der Waals surface area contributed by atoms with Gasteiger partial charge in [0.25, 0.3) is 5.91 Å². The number of imide groups is 1. The van der Waals surface area contributed by atoms with Crippen LogP contribution in [0, 0.1) is 0 Å². The number of nitrogens with one attached hydrogen (secondary N) is 1. The predicted octanol–water partition coefficient (Wildman–Crippen LogP) is 1.63. The molecule has 2 fully saturated rings. The molecule has 19 heavy (non-hydrogen) atoms. The number of carbonyl (C=O) groups is 2. The molecule has 3 rings (SSSR count). The van der Waals surface area contributed by atoms with E-state index in [4.69, 9.17) is 5.73 Å². The van der Waals surface area contributed by atoms with Crippen LogP contribution in [0.4, 0.5) is 10.5 Å². The van der Waals surface area contributed by atoms with Gasteiger partial charge in [-0.05, 0) is 30.5 Å².